The minimum absolute atomic E-state index is 0.0321. The van der Waals surface area contributed by atoms with Gasteiger partial charge < -0.3 is 10.0 Å². The molecule has 0 aromatic carbocycles. The number of hydrogen-bond donors (Lipinski definition) is 1. The first-order valence-electron chi connectivity index (χ1n) is 4.19. The zero-order chi connectivity index (χ0) is 10.1. The van der Waals surface area contributed by atoms with Crippen molar-refractivity contribution in [2.45, 2.75) is 12.8 Å². The van der Waals surface area contributed by atoms with Crippen LogP contribution in [0.4, 0.5) is 0 Å². The average molecular weight is 181 g/mol. The van der Waals surface area contributed by atoms with Crippen molar-refractivity contribution in [3.63, 3.8) is 0 Å². The summed E-state index contributed by atoms with van der Waals surface area (Å²) in [5, 5.41) is 8.67. The molecular weight excluding hydrogens is 166 g/mol. The summed E-state index contributed by atoms with van der Waals surface area (Å²) in [5.74, 6) is 2.37. The zero-order valence-electron chi connectivity index (χ0n) is 7.70. The molecule has 3 heteroatoms. The Morgan fingerprint density at radius 3 is 2.85 bits per heavy atom. The lowest BCUT2D eigenvalue weighted by molar-refractivity contribution is -0.131. The highest BCUT2D eigenvalue weighted by molar-refractivity contribution is 5.76. The van der Waals surface area contributed by atoms with Crippen molar-refractivity contribution in [3.8, 4) is 12.3 Å². The van der Waals surface area contributed by atoms with Gasteiger partial charge in [0.15, 0.2) is 0 Å². The highest BCUT2D eigenvalue weighted by atomic mass is 16.3. The highest BCUT2D eigenvalue weighted by Gasteiger charge is 2.09. The van der Waals surface area contributed by atoms with Gasteiger partial charge in [0.1, 0.15) is 0 Å². The van der Waals surface area contributed by atoms with Crippen LogP contribution in [0.3, 0.4) is 0 Å². The van der Waals surface area contributed by atoms with Gasteiger partial charge >= 0.3 is 0 Å². The minimum Gasteiger partial charge on any atom is -0.395 e. The van der Waals surface area contributed by atoms with Crippen LogP contribution in [0.2, 0.25) is 0 Å². The molecule has 72 valence electrons. The summed E-state index contributed by atoms with van der Waals surface area (Å²) < 4.78 is 0. The molecule has 0 saturated carbocycles. The Morgan fingerprint density at radius 2 is 2.38 bits per heavy atom. The van der Waals surface area contributed by atoms with Crippen molar-refractivity contribution in [3.05, 3.63) is 12.7 Å². The van der Waals surface area contributed by atoms with Crippen LogP contribution in [0, 0.1) is 12.3 Å². The van der Waals surface area contributed by atoms with Crippen LogP contribution in [-0.2, 0) is 4.79 Å². The molecule has 0 aliphatic heterocycles. The van der Waals surface area contributed by atoms with Crippen molar-refractivity contribution in [1.82, 2.24) is 4.90 Å². The molecule has 3 nitrogen and oxygen atoms in total. The van der Waals surface area contributed by atoms with Crippen LogP contribution >= 0.6 is 0 Å². The average Bonchev–Trinajstić information content (AvgIpc) is 2.14. The van der Waals surface area contributed by atoms with Gasteiger partial charge in [0.25, 0.3) is 0 Å². The summed E-state index contributed by atoms with van der Waals surface area (Å²) in [6.07, 6.45) is 7.44. The number of hydrogen-bond acceptors (Lipinski definition) is 2. The third kappa shape index (κ3) is 5.05. The third-order valence-electron chi connectivity index (χ3n) is 1.56. The van der Waals surface area contributed by atoms with Crippen LogP contribution in [0.5, 0.6) is 0 Å². The van der Waals surface area contributed by atoms with Gasteiger partial charge in [0, 0.05) is 25.9 Å². The van der Waals surface area contributed by atoms with Crippen molar-refractivity contribution in [2.24, 2.45) is 0 Å². The predicted octanol–water partition coefficient (Wildman–Crippen LogP) is 0.407. The van der Waals surface area contributed by atoms with Gasteiger partial charge in [0.2, 0.25) is 5.91 Å². The smallest absolute Gasteiger partial charge is 0.223 e. The summed E-state index contributed by atoms with van der Waals surface area (Å²) in [7, 11) is 0. The number of amides is 1. The van der Waals surface area contributed by atoms with Gasteiger partial charge in [-0.15, -0.1) is 18.9 Å². The number of terminal acetylenes is 1. The third-order valence-corrected chi connectivity index (χ3v) is 1.56. The van der Waals surface area contributed by atoms with E-state index in [2.05, 4.69) is 12.5 Å². The van der Waals surface area contributed by atoms with Gasteiger partial charge in [-0.05, 0) is 0 Å². The normalized spacial score (nSPS) is 8.92. The van der Waals surface area contributed by atoms with E-state index >= 15 is 0 Å². The number of aliphatic hydroxyl groups is 1. The predicted molar refractivity (Wildman–Crippen MR) is 51.9 cm³/mol. The van der Waals surface area contributed by atoms with E-state index in [-0.39, 0.29) is 12.5 Å². The molecule has 0 atom stereocenters. The Hall–Kier alpha value is -1.27. The lowest BCUT2D eigenvalue weighted by atomic mass is 10.3. The molecule has 0 aromatic heterocycles. The van der Waals surface area contributed by atoms with E-state index in [1.165, 1.54) is 4.90 Å². The number of nitrogens with zero attached hydrogens (tertiary/aromatic N) is 1. The Labute approximate surface area is 79.0 Å². The van der Waals surface area contributed by atoms with Gasteiger partial charge in [-0.1, -0.05) is 6.08 Å². The van der Waals surface area contributed by atoms with Gasteiger partial charge in [-0.3, -0.25) is 4.79 Å². The molecule has 1 amide bonds. The fourth-order valence-electron chi connectivity index (χ4n) is 0.932. The maximum Gasteiger partial charge on any atom is 0.223 e. The van der Waals surface area contributed by atoms with Gasteiger partial charge in [-0.2, -0.15) is 0 Å². The van der Waals surface area contributed by atoms with Crippen molar-refractivity contribution in [1.29, 1.82) is 0 Å². The number of carbonyl (C=O) groups is 1. The minimum atomic E-state index is -0.0353. The Kier molecular flexibility index (Phi) is 6.66. The van der Waals surface area contributed by atoms with E-state index < -0.39 is 0 Å². The topological polar surface area (TPSA) is 40.5 Å². The molecule has 0 heterocycles. The van der Waals surface area contributed by atoms with Crippen LogP contribution < -0.4 is 0 Å². The van der Waals surface area contributed by atoms with Crippen molar-refractivity contribution in [2.75, 3.05) is 19.7 Å². The standard InChI is InChI=1S/C10H15NO2/c1-3-5-6-10(13)11(7-4-2)8-9-12/h1,4,12H,2,5-9H2. The van der Waals surface area contributed by atoms with Crippen LogP contribution in [0.25, 0.3) is 0 Å². The highest BCUT2D eigenvalue weighted by Crippen LogP contribution is 1.97. The van der Waals surface area contributed by atoms with E-state index in [1.807, 2.05) is 0 Å². The Morgan fingerprint density at radius 1 is 1.69 bits per heavy atom. The lowest BCUT2D eigenvalue weighted by Gasteiger charge is -2.19. The molecule has 0 radical (unpaired) electrons. The molecular formula is C10H15NO2. The zero-order valence-corrected chi connectivity index (χ0v) is 7.70. The number of rotatable bonds is 6. The SMILES string of the molecule is C#CCCC(=O)N(CC=C)CCO. The molecule has 0 unspecified atom stereocenters. The fraction of sp³-hybridized carbons (Fsp3) is 0.500. The van der Waals surface area contributed by atoms with Crippen LogP contribution in [0.15, 0.2) is 12.7 Å². The first-order valence-corrected chi connectivity index (χ1v) is 4.19. The summed E-state index contributed by atoms with van der Waals surface area (Å²) in [4.78, 5) is 12.9. The van der Waals surface area contributed by atoms with Gasteiger partial charge in [-0.25, -0.2) is 0 Å². The number of aliphatic hydroxyl groups excluding tert-OH is 1. The quantitative estimate of drug-likeness (QED) is 0.476. The fourth-order valence-corrected chi connectivity index (χ4v) is 0.932. The molecule has 0 spiro atoms. The maximum atomic E-state index is 11.4. The van der Waals surface area contributed by atoms with E-state index in [9.17, 15) is 4.79 Å². The summed E-state index contributed by atoms with van der Waals surface area (Å²) in [5.41, 5.74) is 0. The monoisotopic (exact) mass is 181 g/mol. The molecule has 13 heavy (non-hydrogen) atoms. The summed E-state index contributed by atoms with van der Waals surface area (Å²) in [6.45, 7) is 4.30. The largest absolute Gasteiger partial charge is 0.395 e. The molecule has 0 saturated heterocycles. The van der Waals surface area contributed by atoms with Crippen molar-refractivity contribution >= 4 is 5.91 Å². The molecule has 0 fully saturated rings. The molecule has 0 rings (SSSR count). The Bertz CT molecular complexity index is 205. The first kappa shape index (κ1) is 11.7. The van der Waals surface area contributed by atoms with E-state index in [0.717, 1.165) is 0 Å². The second-order valence-corrected chi connectivity index (χ2v) is 2.56. The first-order chi connectivity index (χ1) is 6.26. The van der Waals surface area contributed by atoms with E-state index in [4.69, 9.17) is 11.5 Å². The maximum absolute atomic E-state index is 11.4. The molecule has 1 N–H and O–H groups in total. The molecule has 0 bridgehead atoms. The Balaban J connectivity index is 3.95. The van der Waals surface area contributed by atoms with Gasteiger partial charge in [0.05, 0.1) is 6.61 Å². The molecule has 0 aliphatic rings. The lowest BCUT2D eigenvalue weighted by Crippen LogP contribution is -2.33. The van der Waals surface area contributed by atoms with Crippen LogP contribution in [0.1, 0.15) is 12.8 Å². The summed E-state index contributed by atoms with van der Waals surface area (Å²) >= 11 is 0. The second kappa shape index (κ2) is 7.38. The van der Waals surface area contributed by atoms with Crippen LogP contribution in [-0.4, -0.2) is 35.6 Å². The van der Waals surface area contributed by atoms with E-state index in [0.29, 0.717) is 25.9 Å². The van der Waals surface area contributed by atoms with Crippen molar-refractivity contribution < 1.29 is 9.90 Å². The summed E-state index contributed by atoms with van der Waals surface area (Å²) in [6, 6.07) is 0. The molecule has 0 aliphatic carbocycles. The second-order valence-electron chi connectivity index (χ2n) is 2.56. The van der Waals surface area contributed by atoms with E-state index in [1.54, 1.807) is 6.08 Å². The number of carbonyl (C=O) groups excluding carboxylic acids is 1. The molecule has 0 aromatic rings.